The van der Waals surface area contributed by atoms with Gasteiger partial charge in [-0.05, 0) is 91.9 Å². The molecular formula is C26H36O3. The van der Waals surface area contributed by atoms with Gasteiger partial charge in [-0.1, -0.05) is 38.7 Å². The lowest BCUT2D eigenvalue weighted by Crippen LogP contribution is -2.45. The van der Waals surface area contributed by atoms with E-state index in [4.69, 9.17) is 4.74 Å². The fraction of sp³-hybridized carbons (Fsp3) is 0.731. The Morgan fingerprint density at radius 3 is 2.79 bits per heavy atom. The summed E-state index contributed by atoms with van der Waals surface area (Å²) in [5, 5.41) is 9.86. The highest BCUT2D eigenvalue weighted by Gasteiger charge is 2.56. The predicted octanol–water partition coefficient (Wildman–Crippen LogP) is 6.13. The number of carbonyl (C=O) groups is 1. The van der Waals surface area contributed by atoms with Crippen LogP contribution in [0, 0.1) is 23.2 Å². The number of hydrogen-bond donors (Lipinski definition) is 1. The van der Waals surface area contributed by atoms with Crippen molar-refractivity contribution in [2.45, 2.75) is 96.0 Å². The summed E-state index contributed by atoms with van der Waals surface area (Å²) >= 11 is 0. The zero-order chi connectivity index (χ0) is 20.0. The standard InChI is InChI=1S/C26H36O3/c1-26-15-14-21-20-10-8-19(27)16-18(20)7-9-22(21)23(26)11-12-24(26)29-25(28)13-6-17-4-2-3-5-17/h8,10,16-17,21-24,27H,2-7,9,11-15H2,1H3/t21-,22+,23-,24-,26-/m0/s1. The van der Waals surface area contributed by atoms with Gasteiger partial charge in [0.1, 0.15) is 11.9 Å². The van der Waals surface area contributed by atoms with Crippen molar-refractivity contribution in [2.24, 2.45) is 23.2 Å². The molecule has 0 aromatic heterocycles. The summed E-state index contributed by atoms with van der Waals surface area (Å²) in [4.78, 5) is 12.6. The number of carbonyl (C=O) groups excluding carboxylic acids is 1. The van der Waals surface area contributed by atoms with Crippen molar-refractivity contribution >= 4 is 5.97 Å². The van der Waals surface area contributed by atoms with Crippen LogP contribution in [0.1, 0.15) is 94.6 Å². The molecule has 0 saturated heterocycles. The SMILES string of the molecule is C[C@]12CC[C@H]3c4ccc(O)cc4CC[C@H]3[C@@H]1CC[C@@H]2OC(=O)CCC1CCCC1. The number of phenolic OH excluding ortho intramolecular Hbond substituents is 1. The van der Waals surface area contributed by atoms with Crippen LogP contribution < -0.4 is 0 Å². The minimum atomic E-state index is 0.0513. The molecule has 4 aliphatic rings. The minimum absolute atomic E-state index is 0.0513. The van der Waals surface area contributed by atoms with E-state index in [2.05, 4.69) is 13.0 Å². The van der Waals surface area contributed by atoms with Crippen molar-refractivity contribution in [2.75, 3.05) is 0 Å². The second kappa shape index (κ2) is 7.63. The summed E-state index contributed by atoms with van der Waals surface area (Å²) in [5.74, 6) is 3.19. The third-order valence-corrected chi connectivity index (χ3v) is 9.13. The van der Waals surface area contributed by atoms with Crippen LogP contribution in [0.3, 0.4) is 0 Å². The second-order valence-corrected chi connectivity index (χ2v) is 10.6. The third kappa shape index (κ3) is 3.49. The molecule has 1 N–H and O–H groups in total. The van der Waals surface area contributed by atoms with Crippen LogP contribution in [0.5, 0.6) is 5.75 Å². The maximum Gasteiger partial charge on any atom is 0.306 e. The molecule has 0 heterocycles. The number of esters is 1. The molecule has 4 aliphatic carbocycles. The first-order valence-corrected chi connectivity index (χ1v) is 12.1. The van der Waals surface area contributed by atoms with Crippen molar-refractivity contribution in [3.05, 3.63) is 29.3 Å². The van der Waals surface area contributed by atoms with Crippen LogP contribution in [-0.4, -0.2) is 17.2 Å². The number of ether oxygens (including phenoxy) is 1. The van der Waals surface area contributed by atoms with Crippen LogP contribution in [0.25, 0.3) is 0 Å². The van der Waals surface area contributed by atoms with Gasteiger partial charge in [-0.15, -0.1) is 0 Å². The molecule has 3 nitrogen and oxygen atoms in total. The normalized spacial score (nSPS) is 36.3. The average molecular weight is 397 g/mol. The van der Waals surface area contributed by atoms with Crippen LogP contribution in [0.2, 0.25) is 0 Å². The molecule has 0 bridgehead atoms. The summed E-state index contributed by atoms with van der Waals surface area (Å²) in [6, 6.07) is 6.00. The summed E-state index contributed by atoms with van der Waals surface area (Å²) in [6.45, 7) is 2.40. The van der Waals surface area contributed by atoms with Gasteiger partial charge >= 0.3 is 5.97 Å². The maximum absolute atomic E-state index is 12.6. The highest BCUT2D eigenvalue weighted by atomic mass is 16.5. The van der Waals surface area contributed by atoms with Crippen molar-refractivity contribution in [3.63, 3.8) is 0 Å². The molecule has 1 aromatic carbocycles. The van der Waals surface area contributed by atoms with Gasteiger partial charge in [-0.25, -0.2) is 0 Å². The molecule has 3 fully saturated rings. The Morgan fingerprint density at radius 1 is 1.14 bits per heavy atom. The quantitative estimate of drug-likeness (QED) is 0.623. The molecule has 5 rings (SSSR count). The smallest absolute Gasteiger partial charge is 0.306 e. The summed E-state index contributed by atoms with van der Waals surface area (Å²) < 4.78 is 6.14. The Balaban J connectivity index is 1.25. The molecule has 3 heteroatoms. The van der Waals surface area contributed by atoms with Gasteiger partial charge in [0.15, 0.2) is 0 Å². The van der Waals surface area contributed by atoms with Crippen molar-refractivity contribution in [1.82, 2.24) is 0 Å². The lowest BCUT2D eigenvalue weighted by atomic mass is 9.55. The first kappa shape index (κ1) is 19.5. The third-order valence-electron chi connectivity index (χ3n) is 9.13. The van der Waals surface area contributed by atoms with Crippen LogP contribution in [0.15, 0.2) is 18.2 Å². The molecular weight excluding hydrogens is 360 g/mol. The Hall–Kier alpha value is -1.51. The van der Waals surface area contributed by atoms with Gasteiger partial charge < -0.3 is 9.84 Å². The lowest BCUT2D eigenvalue weighted by Gasteiger charge is -2.50. The zero-order valence-electron chi connectivity index (χ0n) is 17.9. The van der Waals surface area contributed by atoms with E-state index < -0.39 is 0 Å². The molecule has 5 atom stereocenters. The lowest BCUT2D eigenvalue weighted by molar-refractivity contribution is -0.157. The molecule has 0 unspecified atom stereocenters. The molecule has 0 spiro atoms. The van der Waals surface area contributed by atoms with E-state index in [1.807, 2.05) is 12.1 Å². The van der Waals surface area contributed by atoms with Crippen molar-refractivity contribution in [3.8, 4) is 5.75 Å². The Labute approximate surface area is 175 Å². The van der Waals surface area contributed by atoms with Crippen LogP contribution >= 0.6 is 0 Å². The molecule has 0 aliphatic heterocycles. The van der Waals surface area contributed by atoms with Gasteiger partial charge in [0, 0.05) is 11.8 Å². The van der Waals surface area contributed by atoms with Crippen LogP contribution in [-0.2, 0) is 16.0 Å². The zero-order valence-corrected chi connectivity index (χ0v) is 17.9. The average Bonchev–Trinajstić information content (AvgIpc) is 3.34. The number of benzene rings is 1. The van der Waals surface area contributed by atoms with E-state index in [1.165, 1.54) is 56.1 Å². The number of aromatic hydroxyl groups is 1. The van der Waals surface area contributed by atoms with Crippen molar-refractivity contribution in [1.29, 1.82) is 0 Å². The number of fused-ring (bicyclic) bond motifs is 5. The number of aryl methyl sites for hydroxylation is 1. The molecule has 0 amide bonds. The van der Waals surface area contributed by atoms with E-state index >= 15 is 0 Å². The number of phenols is 1. The summed E-state index contributed by atoms with van der Waals surface area (Å²) in [5.41, 5.74) is 2.97. The van der Waals surface area contributed by atoms with Gasteiger partial charge in [0.25, 0.3) is 0 Å². The first-order chi connectivity index (χ1) is 14.0. The van der Waals surface area contributed by atoms with E-state index in [1.54, 1.807) is 0 Å². The molecule has 0 radical (unpaired) electrons. The fourth-order valence-electron chi connectivity index (χ4n) is 7.55. The highest BCUT2D eigenvalue weighted by molar-refractivity contribution is 5.69. The summed E-state index contributed by atoms with van der Waals surface area (Å²) in [6.07, 6.45) is 13.9. The molecule has 1 aromatic rings. The topological polar surface area (TPSA) is 46.5 Å². The van der Waals surface area contributed by atoms with E-state index in [0.29, 0.717) is 29.9 Å². The van der Waals surface area contributed by atoms with E-state index in [0.717, 1.165) is 31.6 Å². The Kier molecular flexibility index (Phi) is 5.12. The maximum atomic E-state index is 12.6. The van der Waals surface area contributed by atoms with Crippen LogP contribution in [0.4, 0.5) is 0 Å². The monoisotopic (exact) mass is 396 g/mol. The van der Waals surface area contributed by atoms with Gasteiger partial charge in [0.2, 0.25) is 0 Å². The molecule has 3 saturated carbocycles. The second-order valence-electron chi connectivity index (χ2n) is 10.6. The van der Waals surface area contributed by atoms with Gasteiger partial charge in [-0.2, -0.15) is 0 Å². The highest BCUT2D eigenvalue weighted by Crippen LogP contribution is 2.61. The fourth-order valence-corrected chi connectivity index (χ4v) is 7.55. The minimum Gasteiger partial charge on any atom is -0.508 e. The number of hydrogen-bond acceptors (Lipinski definition) is 3. The van der Waals surface area contributed by atoms with Gasteiger partial charge in [0.05, 0.1) is 0 Å². The first-order valence-electron chi connectivity index (χ1n) is 12.1. The van der Waals surface area contributed by atoms with E-state index in [-0.39, 0.29) is 17.5 Å². The van der Waals surface area contributed by atoms with Gasteiger partial charge in [-0.3, -0.25) is 4.79 Å². The Morgan fingerprint density at radius 2 is 1.97 bits per heavy atom. The largest absolute Gasteiger partial charge is 0.508 e. The predicted molar refractivity (Wildman–Crippen MR) is 114 cm³/mol. The molecule has 29 heavy (non-hydrogen) atoms. The van der Waals surface area contributed by atoms with Crippen molar-refractivity contribution < 1.29 is 14.6 Å². The summed E-state index contributed by atoms with van der Waals surface area (Å²) in [7, 11) is 0. The Bertz CT molecular complexity index is 765. The molecule has 158 valence electrons. The van der Waals surface area contributed by atoms with E-state index in [9.17, 15) is 9.90 Å². The number of rotatable bonds is 4.